The van der Waals surface area contributed by atoms with E-state index in [2.05, 4.69) is 5.32 Å². The van der Waals surface area contributed by atoms with Crippen LogP contribution in [-0.2, 0) is 9.84 Å². The van der Waals surface area contributed by atoms with Crippen molar-refractivity contribution >= 4 is 9.84 Å². The van der Waals surface area contributed by atoms with Gasteiger partial charge in [-0.2, -0.15) is 0 Å². The monoisotopic (exact) mass is 271 g/mol. The van der Waals surface area contributed by atoms with Crippen molar-refractivity contribution in [2.45, 2.75) is 25.9 Å². The van der Waals surface area contributed by atoms with Gasteiger partial charge in [0.25, 0.3) is 0 Å². The lowest BCUT2D eigenvalue weighted by Crippen LogP contribution is -2.37. The number of benzene rings is 1. The zero-order chi connectivity index (χ0) is 13.6. The van der Waals surface area contributed by atoms with Gasteiger partial charge in [-0.05, 0) is 12.5 Å². The second-order valence-corrected chi connectivity index (χ2v) is 6.81. The zero-order valence-corrected chi connectivity index (χ0v) is 11.7. The molecular weight excluding hydrogens is 250 g/mol. The van der Waals surface area contributed by atoms with E-state index >= 15 is 0 Å². The number of aliphatic hydroxyl groups excluding tert-OH is 1. The molecule has 0 amide bonds. The first kappa shape index (κ1) is 15.1. The summed E-state index contributed by atoms with van der Waals surface area (Å²) < 4.78 is 23.0. The van der Waals surface area contributed by atoms with Crippen LogP contribution in [0, 0.1) is 0 Å². The summed E-state index contributed by atoms with van der Waals surface area (Å²) in [6, 6.07) is 9.10. The first-order valence-corrected chi connectivity index (χ1v) is 7.93. The first-order chi connectivity index (χ1) is 8.48. The van der Waals surface area contributed by atoms with E-state index in [9.17, 15) is 13.5 Å². The van der Waals surface area contributed by atoms with Gasteiger partial charge in [-0.3, -0.25) is 0 Å². The van der Waals surface area contributed by atoms with Crippen molar-refractivity contribution in [1.29, 1.82) is 0 Å². The molecule has 18 heavy (non-hydrogen) atoms. The molecule has 0 saturated heterocycles. The third-order valence-corrected chi connectivity index (χ3v) is 4.70. The summed E-state index contributed by atoms with van der Waals surface area (Å²) in [5.41, 5.74) is 0.959. The molecule has 1 rings (SSSR count). The van der Waals surface area contributed by atoms with Crippen LogP contribution in [-0.4, -0.2) is 37.7 Å². The summed E-state index contributed by atoms with van der Waals surface area (Å²) in [6.45, 7) is 3.40. The Morgan fingerprint density at radius 3 is 2.39 bits per heavy atom. The van der Waals surface area contributed by atoms with Gasteiger partial charge >= 0.3 is 0 Å². The lowest BCUT2D eigenvalue weighted by molar-refractivity contribution is 0.237. The van der Waals surface area contributed by atoms with Gasteiger partial charge in [0.2, 0.25) is 0 Å². The van der Waals surface area contributed by atoms with Crippen molar-refractivity contribution < 1.29 is 13.5 Å². The molecule has 1 aromatic rings. The van der Waals surface area contributed by atoms with Crippen LogP contribution in [0.4, 0.5) is 0 Å². The van der Waals surface area contributed by atoms with Crippen molar-refractivity contribution in [2.24, 2.45) is 0 Å². The molecule has 0 bridgehead atoms. The first-order valence-electron chi connectivity index (χ1n) is 6.10. The van der Waals surface area contributed by atoms with Gasteiger partial charge in [0.1, 0.15) is 0 Å². The number of aliphatic hydroxyl groups is 1. The molecule has 0 aliphatic heterocycles. The van der Waals surface area contributed by atoms with Gasteiger partial charge in [0, 0.05) is 11.8 Å². The predicted octanol–water partition coefficient (Wildman–Crippen LogP) is 1.13. The Kier molecular flexibility index (Phi) is 5.78. The van der Waals surface area contributed by atoms with Crippen LogP contribution < -0.4 is 5.32 Å². The van der Waals surface area contributed by atoms with Crippen LogP contribution in [0.1, 0.15) is 25.5 Å². The Bertz CT molecular complexity index is 445. The average molecular weight is 271 g/mol. The minimum atomic E-state index is -3.00. The highest BCUT2D eigenvalue weighted by Gasteiger charge is 2.17. The van der Waals surface area contributed by atoms with Gasteiger partial charge in [0.05, 0.1) is 18.4 Å². The lowest BCUT2D eigenvalue weighted by Gasteiger charge is -2.21. The Hall–Kier alpha value is -0.910. The molecule has 0 spiro atoms. The largest absolute Gasteiger partial charge is 0.394 e. The molecule has 5 heteroatoms. The molecule has 102 valence electrons. The van der Waals surface area contributed by atoms with Crippen LogP contribution in [0.5, 0.6) is 0 Å². The maximum absolute atomic E-state index is 11.5. The van der Waals surface area contributed by atoms with Crippen LogP contribution in [0.2, 0.25) is 0 Å². The maximum Gasteiger partial charge on any atom is 0.151 e. The summed E-state index contributed by atoms with van der Waals surface area (Å²) >= 11 is 0. The van der Waals surface area contributed by atoms with E-state index < -0.39 is 9.84 Å². The lowest BCUT2D eigenvalue weighted by atomic mass is 10.1. The summed E-state index contributed by atoms with van der Waals surface area (Å²) in [4.78, 5) is 0. The van der Waals surface area contributed by atoms with Crippen LogP contribution in [0.3, 0.4) is 0 Å². The third-order valence-electron chi connectivity index (χ3n) is 2.81. The van der Waals surface area contributed by atoms with Crippen LogP contribution in [0.25, 0.3) is 0 Å². The Morgan fingerprint density at radius 1 is 1.28 bits per heavy atom. The number of hydrogen-bond acceptors (Lipinski definition) is 4. The molecule has 0 aliphatic rings. The molecular formula is C13H21NO3S. The minimum absolute atomic E-state index is 0.0550. The van der Waals surface area contributed by atoms with Crippen LogP contribution in [0.15, 0.2) is 30.3 Å². The van der Waals surface area contributed by atoms with Crippen LogP contribution >= 0.6 is 0 Å². The molecule has 0 aliphatic carbocycles. The summed E-state index contributed by atoms with van der Waals surface area (Å²) in [5, 5.41) is 12.5. The molecule has 0 fully saturated rings. The van der Waals surface area contributed by atoms with E-state index in [0.717, 1.165) is 5.56 Å². The van der Waals surface area contributed by atoms with E-state index in [0.29, 0.717) is 0 Å². The average Bonchev–Trinajstić information content (AvgIpc) is 2.36. The van der Waals surface area contributed by atoms with Crippen molar-refractivity contribution in [3.05, 3.63) is 35.9 Å². The third kappa shape index (κ3) is 4.76. The van der Waals surface area contributed by atoms with Crippen molar-refractivity contribution in [2.75, 3.05) is 18.1 Å². The van der Waals surface area contributed by atoms with Crippen molar-refractivity contribution in [3.63, 3.8) is 0 Å². The fraction of sp³-hybridized carbons (Fsp3) is 0.538. The predicted molar refractivity (Wildman–Crippen MR) is 73.2 cm³/mol. The maximum atomic E-state index is 11.5. The molecule has 1 unspecified atom stereocenters. The van der Waals surface area contributed by atoms with E-state index in [1.165, 1.54) is 0 Å². The van der Waals surface area contributed by atoms with E-state index in [1.807, 2.05) is 37.3 Å². The van der Waals surface area contributed by atoms with Gasteiger partial charge in [-0.15, -0.1) is 0 Å². The Morgan fingerprint density at radius 2 is 1.89 bits per heavy atom. The number of sulfone groups is 1. The Balaban J connectivity index is 2.65. The minimum Gasteiger partial charge on any atom is -0.394 e. The fourth-order valence-electron chi connectivity index (χ4n) is 1.83. The Labute approximate surface area is 109 Å². The number of nitrogens with one attached hydrogen (secondary N) is 1. The standard InChI is InChI=1S/C13H21NO3S/c1-3-18(16,17)10-11(2)14-13(9-15)12-7-5-4-6-8-12/h4-8,11,13-15H,3,9-10H2,1-2H3/t11?,13-/m0/s1. The number of hydrogen-bond donors (Lipinski definition) is 2. The van der Waals surface area contributed by atoms with Gasteiger partial charge in [0.15, 0.2) is 9.84 Å². The van der Waals surface area contributed by atoms with Gasteiger partial charge < -0.3 is 10.4 Å². The summed E-state index contributed by atoms with van der Waals surface area (Å²) in [7, 11) is -3.00. The van der Waals surface area contributed by atoms with Crippen molar-refractivity contribution in [3.8, 4) is 0 Å². The highest BCUT2D eigenvalue weighted by atomic mass is 32.2. The highest BCUT2D eigenvalue weighted by molar-refractivity contribution is 7.91. The topological polar surface area (TPSA) is 66.4 Å². The molecule has 0 aromatic heterocycles. The van der Waals surface area contributed by atoms with E-state index in [-0.39, 0.29) is 30.2 Å². The second kappa shape index (κ2) is 6.87. The van der Waals surface area contributed by atoms with Crippen molar-refractivity contribution in [1.82, 2.24) is 5.32 Å². The van der Waals surface area contributed by atoms with Gasteiger partial charge in [-0.25, -0.2) is 8.42 Å². The van der Waals surface area contributed by atoms with Gasteiger partial charge in [-0.1, -0.05) is 37.3 Å². The molecule has 0 radical (unpaired) electrons. The molecule has 0 heterocycles. The number of rotatable bonds is 7. The quantitative estimate of drug-likeness (QED) is 0.780. The smallest absolute Gasteiger partial charge is 0.151 e. The molecule has 0 saturated carbocycles. The fourth-order valence-corrected chi connectivity index (χ4v) is 2.92. The molecule has 1 aromatic carbocycles. The second-order valence-electron chi connectivity index (χ2n) is 4.41. The van der Waals surface area contributed by atoms with E-state index in [1.54, 1.807) is 6.92 Å². The normalized spacial score (nSPS) is 15.3. The molecule has 2 N–H and O–H groups in total. The van der Waals surface area contributed by atoms with E-state index in [4.69, 9.17) is 0 Å². The summed E-state index contributed by atoms with van der Waals surface area (Å²) in [6.07, 6.45) is 0. The molecule has 2 atom stereocenters. The SMILES string of the molecule is CCS(=O)(=O)CC(C)N[C@@H](CO)c1ccccc1. The molecule has 4 nitrogen and oxygen atoms in total. The zero-order valence-electron chi connectivity index (χ0n) is 10.8. The summed E-state index contributed by atoms with van der Waals surface area (Å²) in [5.74, 6) is 0.237. The highest BCUT2D eigenvalue weighted by Crippen LogP contribution is 2.12.